The van der Waals surface area contributed by atoms with Gasteiger partial charge in [0.15, 0.2) is 0 Å². The van der Waals surface area contributed by atoms with Crippen LogP contribution in [-0.2, 0) is 4.79 Å². The topological polar surface area (TPSA) is 152 Å². The van der Waals surface area contributed by atoms with E-state index in [9.17, 15) is 24.6 Å². The van der Waals surface area contributed by atoms with Gasteiger partial charge in [-0.05, 0) is 23.8 Å². The lowest BCUT2D eigenvalue weighted by molar-refractivity contribution is -0.141. The molecule has 0 aromatic heterocycles. The molecule has 0 aliphatic heterocycles. The molecule has 1 aromatic carbocycles. The number of hydrogen-bond donors (Lipinski definition) is 5. The van der Waals surface area contributed by atoms with E-state index in [2.05, 4.69) is 0 Å². The molecular formula is C12H12O8. The Balaban J connectivity index is 3.24. The Labute approximate surface area is 112 Å². The number of benzene rings is 1. The molecule has 2 unspecified atom stereocenters. The lowest BCUT2D eigenvalue weighted by Crippen LogP contribution is -2.24. The Morgan fingerprint density at radius 2 is 1.60 bits per heavy atom. The van der Waals surface area contributed by atoms with Crippen LogP contribution in [0.15, 0.2) is 18.2 Å². The van der Waals surface area contributed by atoms with E-state index in [4.69, 9.17) is 15.3 Å². The zero-order valence-electron chi connectivity index (χ0n) is 10.1. The summed E-state index contributed by atoms with van der Waals surface area (Å²) in [6.45, 7) is 0. The molecule has 0 fully saturated rings. The van der Waals surface area contributed by atoms with Gasteiger partial charge >= 0.3 is 17.9 Å². The SMILES string of the molecule is O=C(O)CC(O)C(O)c1cc(C(=O)O)ccc1C(=O)O. The van der Waals surface area contributed by atoms with Gasteiger partial charge in [0.2, 0.25) is 0 Å². The van der Waals surface area contributed by atoms with Gasteiger partial charge in [-0.25, -0.2) is 9.59 Å². The van der Waals surface area contributed by atoms with E-state index in [1.165, 1.54) is 0 Å². The number of rotatable bonds is 6. The van der Waals surface area contributed by atoms with E-state index in [-0.39, 0.29) is 11.1 Å². The summed E-state index contributed by atoms with van der Waals surface area (Å²) in [6, 6.07) is 2.89. The minimum absolute atomic E-state index is 0.286. The molecule has 0 spiro atoms. The Hall–Kier alpha value is -2.45. The fourth-order valence-corrected chi connectivity index (χ4v) is 1.63. The van der Waals surface area contributed by atoms with E-state index in [0.29, 0.717) is 0 Å². The second kappa shape index (κ2) is 6.13. The first-order valence-corrected chi connectivity index (χ1v) is 5.42. The fraction of sp³-hybridized carbons (Fsp3) is 0.250. The summed E-state index contributed by atoms with van der Waals surface area (Å²) in [5, 5.41) is 45.6. The lowest BCUT2D eigenvalue weighted by Gasteiger charge is -2.18. The number of aliphatic hydroxyl groups is 2. The highest BCUT2D eigenvalue weighted by atomic mass is 16.4. The molecule has 8 nitrogen and oxygen atoms in total. The van der Waals surface area contributed by atoms with Crippen LogP contribution in [-0.4, -0.2) is 49.5 Å². The Morgan fingerprint density at radius 3 is 2.05 bits per heavy atom. The van der Waals surface area contributed by atoms with Crippen molar-refractivity contribution in [2.24, 2.45) is 0 Å². The van der Waals surface area contributed by atoms with Crippen LogP contribution in [0.4, 0.5) is 0 Å². The molecule has 108 valence electrons. The first-order valence-electron chi connectivity index (χ1n) is 5.42. The van der Waals surface area contributed by atoms with Crippen LogP contribution in [0.2, 0.25) is 0 Å². The van der Waals surface area contributed by atoms with Crippen molar-refractivity contribution < 1.29 is 39.9 Å². The summed E-state index contributed by atoms with van der Waals surface area (Å²) < 4.78 is 0. The Morgan fingerprint density at radius 1 is 1.00 bits per heavy atom. The molecule has 1 aromatic rings. The number of aliphatic hydroxyl groups excluding tert-OH is 2. The van der Waals surface area contributed by atoms with E-state index in [1.54, 1.807) is 0 Å². The van der Waals surface area contributed by atoms with Crippen LogP contribution in [0.25, 0.3) is 0 Å². The van der Waals surface area contributed by atoms with E-state index < -0.39 is 42.1 Å². The van der Waals surface area contributed by atoms with Crippen LogP contribution in [0.3, 0.4) is 0 Å². The predicted octanol–water partition coefficient (Wildman–Crippen LogP) is -0.0480. The van der Waals surface area contributed by atoms with Crippen molar-refractivity contribution >= 4 is 17.9 Å². The third-order valence-corrected chi connectivity index (χ3v) is 2.60. The minimum Gasteiger partial charge on any atom is -0.481 e. The van der Waals surface area contributed by atoms with Crippen LogP contribution in [0, 0.1) is 0 Å². The van der Waals surface area contributed by atoms with Crippen LogP contribution >= 0.6 is 0 Å². The quantitative estimate of drug-likeness (QED) is 0.487. The van der Waals surface area contributed by atoms with Gasteiger partial charge in [0.05, 0.1) is 23.7 Å². The van der Waals surface area contributed by atoms with Gasteiger partial charge < -0.3 is 25.5 Å². The summed E-state index contributed by atoms with van der Waals surface area (Å²) in [6.07, 6.45) is -4.39. The van der Waals surface area contributed by atoms with Gasteiger partial charge in [-0.1, -0.05) is 0 Å². The van der Waals surface area contributed by atoms with Gasteiger partial charge in [0.1, 0.15) is 6.10 Å². The summed E-state index contributed by atoms with van der Waals surface area (Å²) in [5.74, 6) is -4.16. The normalized spacial score (nSPS) is 13.5. The van der Waals surface area contributed by atoms with Crippen molar-refractivity contribution in [2.45, 2.75) is 18.6 Å². The molecule has 0 aliphatic carbocycles. The highest BCUT2D eigenvalue weighted by Crippen LogP contribution is 2.24. The molecule has 2 atom stereocenters. The van der Waals surface area contributed by atoms with Gasteiger partial charge in [-0.3, -0.25) is 4.79 Å². The number of hydrogen-bond acceptors (Lipinski definition) is 5. The van der Waals surface area contributed by atoms with Crippen molar-refractivity contribution in [2.75, 3.05) is 0 Å². The Bertz CT molecular complexity index is 550. The third kappa shape index (κ3) is 3.53. The van der Waals surface area contributed by atoms with Crippen molar-refractivity contribution in [3.05, 3.63) is 34.9 Å². The van der Waals surface area contributed by atoms with E-state index in [1.807, 2.05) is 0 Å². The van der Waals surface area contributed by atoms with E-state index in [0.717, 1.165) is 18.2 Å². The van der Waals surface area contributed by atoms with Crippen molar-refractivity contribution in [3.8, 4) is 0 Å². The summed E-state index contributed by atoms with van der Waals surface area (Å²) >= 11 is 0. The van der Waals surface area contributed by atoms with Gasteiger partial charge in [-0.2, -0.15) is 0 Å². The molecule has 1 rings (SSSR count). The number of aliphatic carboxylic acids is 1. The molecule has 8 heteroatoms. The van der Waals surface area contributed by atoms with Gasteiger partial charge in [0.25, 0.3) is 0 Å². The molecule has 0 saturated heterocycles. The molecule has 0 saturated carbocycles. The zero-order valence-corrected chi connectivity index (χ0v) is 10.1. The standard InChI is InChI=1S/C12H12O8/c13-8(4-9(14)15)10(16)7-3-5(11(17)18)1-2-6(7)12(19)20/h1-3,8,10,13,16H,4H2,(H,14,15)(H,17,18)(H,19,20). The first kappa shape index (κ1) is 15.6. The molecule has 0 radical (unpaired) electrons. The molecule has 5 N–H and O–H groups in total. The van der Waals surface area contributed by atoms with E-state index >= 15 is 0 Å². The fourth-order valence-electron chi connectivity index (χ4n) is 1.63. The van der Waals surface area contributed by atoms with Crippen LogP contribution in [0.5, 0.6) is 0 Å². The maximum atomic E-state index is 11.0. The summed E-state index contributed by atoms with van der Waals surface area (Å²) in [4.78, 5) is 32.3. The monoisotopic (exact) mass is 284 g/mol. The highest BCUT2D eigenvalue weighted by Gasteiger charge is 2.26. The van der Waals surface area contributed by atoms with Crippen molar-refractivity contribution in [1.29, 1.82) is 0 Å². The number of carboxylic acid groups (broad SMARTS) is 3. The molecule has 0 aliphatic rings. The average Bonchev–Trinajstić information content (AvgIpc) is 2.35. The summed E-state index contributed by atoms with van der Waals surface area (Å²) in [5.41, 5.74) is -1.05. The number of carbonyl (C=O) groups is 3. The smallest absolute Gasteiger partial charge is 0.336 e. The van der Waals surface area contributed by atoms with Crippen LogP contribution < -0.4 is 0 Å². The maximum Gasteiger partial charge on any atom is 0.336 e. The number of aromatic carboxylic acids is 2. The molecule has 0 bridgehead atoms. The minimum atomic E-state index is -1.82. The lowest BCUT2D eigenvalue weighted by atomic mass is 9.95. The predicted molar refractivity (Wildman–Crippen MR) is 63.6 cm³/mol. The first-order chi connectivity index (χ1) is 9.23. The van der Waals surface area contributed by atoms with Crippen molar-refractivity contribution in [3.63, 3.8) is 0 Å². The average molecular weight is 284 g/mol. The molecule has 0 amide bonds. The molecule has 20 heavy (non-hydrogen) atoms. The third-order valence-electron chi connectivity index (χ3n) is 2.60. The maximum absolute atomic E-state index is 11.0. The zero-order chi connectivity index (χ0) is 15.4. The van der Waals surface area contributed by atoms with Crippen molar-refractivity contribution in [1.82, 2.24) is 0 Å². The van der Waals surface area contributed by atoms with Gasteiger partial charge in [0, 0.05) is 0 Å². The second-order valence-electron chi connectivity index (χ2n) is 4.02. The number of carboxylic acids is 3. The molecule has 0 heterocycles. The second-order valence-corrected chi connectivity index (χ2v) is 4.02. The van der Waals surface area contributed by atoms with Crippen LogP contribution in [0.1, 0.15) is 38.8 Å². The molecular weight excluding hydrogens is 272 g/mol. The summed E-state index contributed by atoms with van der Waals surface area (Å²) in [7, 11) is 0. The highest BCUT2D eigenvalue weighted by molar-refractivity contribution is 5.93. The van der Waals surface area contributed by atoms with Gasteiger partial charge in [-0.15, -0.1) is 0 Å². The Kier molecular flexibility index (Phi) is 4.78. The largest absolute Gasteiger partial charge is 0.481 e.